The second kappa shape index (κ2) is 10.5. The van der Waals surface area contributed by atoms with E-state index < -0.39 is 0 Å². The summed E-state index contributed by atoms with van der Waals surface area (Å²) in [5.41, 5.74) is 4.90. The molecule has 0 atom stereocenters. The van der Waals surface area contributed by atoms with Crippen molar-refractivity contribution in [2.24, 2.45) is 0 Å². The smallest absolute Gasteiger partial charge is 0.233 e. The first-order valence-electron chi connectivity index (χ1n) is 11.6. The number of amides is 1. The van der Waals surface area contributed by atoms with Crippen LogP contribution < -0.4 is 9.64 Å². The fraction of sp³-hybridized carbons (Fsp3) is 0.138. The summed E-state index contributed by atoms with van der Waals surface area (Å²) in [6, 6.07) is 29.9. The predicted octanol–water partition coefficient (Wildman–Crippen LogP) is 6.53. The monoisotopic (exact) mass is 479 g/mol. The van der Waals surface area contributed by atoms with Crippen molar-refractivity contribution in [3.63, 3.8) is 0 Å². The van der Waals surface area contributed by atoms with Crippen molar-refractivity contribution in [1.82, 2.24) is 9.97 Å². The van der Waals surface area contributed by atoms with Gasteiger partial charge in [-0.2, -0.15) is 0 Å². The first-order chi connectivity index (χ1) is 17.2. The number of nitrogens with zero attached hydrogens (tertiary/aromatic N) is 3. The van der Waals surface area contributed by atoms with Crippen molar-refractivity contribution in [3.8, 4) is 16.9 Å². The lowest BCUT2D eigenvalue weighted by atomic mass is 10.0. The maximum absolute atomic E-state index is 13.6. The molecular formula is C29H25N3O2S. The third kappa shape index (κ3) is 5.39. The Hall–Kier alpha value is -4.03. The molecule has 1 amide bonds. The van der Waals surface area contributed by atoms with E-state index >= 15 is 0 Å². The fourth-order valence-corrected chi connectivity index (χ4v) is 4.91. The molecule has 35 heavy (non-hydrogen) atoms. The number of benzene rings is 3. The van der Waals surface area contributed by atoms with Gasteiger partial charge in [0.1, 0.15) is 5.75 Å². The van der Waals surface area contributed by atoms with Gasteiger partial charge in [-0.25, -0.2) is 4.98 Å². The van der Waals surface area contributed by atoms with E-state index in [1.54, 1.807) is 11.1 Å². The molecule has 0 bridgehead atoms. The summed E-state index contributed by atoms with van der Waals surface area (Å²) in [6.45, 7) is 2.92. The van der Waals surface area contributed by atoms with Crippen molar-refractivity contribution in [2.75, 3.05) is 11.5 Å². The van der Waals surface area contributed by atoms with Crippen LogP contribution in [0.5, 0.6) is 5.75 Å². The van der Waals surface area contributed by atoms with Gasteiger partial charge in [-0.05, 0) is 53.9 Å². The second-order valence-corrected chi connectivity index (χ2v) is 9.11. The molecule has 5 rings (SSSR count). The summed E-state index contributed by atoms with van der Waals surface area (Å²) in [7, 11) is 0. The highest BCUT2D eigenvalue weighted by Crippen LogP contribution is 2.32. The Morgan fingerprint density at radius 3 is 2.43 bits per heavy atom. The third-order valence-electron chi connectivity index (χ3n) is 5.65. The molecule has 0 aliphatic heterocycles. The number of aromatic nitrogens is 2. The molecule has 3 aromatic carbocycles. The summed E-state index contributed by atoms with van der Waals surface area (Å²) in [5, 5.41) is 0.658. The number of rotatable bonds is 8. The Morgan fingerprint density at radius 2 is 1.69 bits per heavy atom. The molecule has 0 aliphatic carbocycles. The summed E-state index contributed by atoms with van der Waals surface area (Å²) < 4.78 is 6.62. The predicted molar refractivity (Wildman–Crippen MR) is 142 cm³/mol. The minimum Gasteiger partial charge on any atom is -0.494 e. The molecule has 6 heteroatoms. The van der Waals surface area contributed by atoms with Crippen molar-refractivity contribution >= 4 is 32.6 Å². The van der Waals surface area contributed by atoms with Crippen molar-refractivity contribution in [2.45, 2.75) is 19.9 Å². The zero-order valence-electron chi connectivity index (χ0n) is 19.4. The van der Waals surface area contributed by atoms with Crippen molar-refractivity contribution in [1.29, 1.82) is 0 Å². The maximum atomic E-state index is 13.6. The minimum atomic E-state index is -0.0211. The van der Waals surface area contributed by atoms with Gasteiger partial charge in [0.05, 0.1) is 35.5 Å². The van der Waals surface area contributed by atoms with Gasteiger partial charge >= 0.3 is 0 Å². The van der Waals surface area contributed by atoms with Crippen LogP contribution in [-0.2, 0) is 17.8 Å². The van der Waals surface area contributed by atoms with E-state index in [0.29, 0.717) is 18.3 Å². The molecule has 0 fully saturated rings. The Labute approximate surface area is 208 Å². The standard InChI is InChI=1S/C29H25N3O2S/c1-2-34-25-15-16-26-27(19-25)35-29(31-26)32(20-24-10-6-7-17-30-24)28(33)18-21-11-13-23(14-12-21)22-8-4-3-5-9-22/h3-17,19H,2,18,20H2,1H3. The summed E-state index contributed by atoms with van der Waals surface area (Å²) >= 11 is 1.49. The Balaban J connectivity index is 1.41. The van der Waals surface area contributed by atoms with E-state index in [1.807, 2.05) is 73.7 Å². The second-order valence-electron chi connectivity index (χ2n) is 8.10. The Bertz CT molecular complexity index is 1420. The molecule has 0 radical (unpaired) electrons. The van der Waals surface area contributed by atoms with Crippen LogP contribution in [0, 0.1) is 0 Å². The maximum Gasteiger partial charge on any atom is 0.233 e. The van der Waals surface area contributed by atoms with Crippen LogP contribution in [0.3, 0.4) is 0 Å². The number of ether oxygens (including phenoxy) is 1. The number of hydrogen-bond donors (Lipinski definition) is 0. The highest BCUT2D eigenvalue weighted by molar-refractivity contribution is 7.22. The molecule has 0 unspecified atom stereocenters. The van der Waals surface area contributed by atoms with Crippen LogP contribution in [0.4, 0.5) is 5.13 Å². The van der Waals surface area contributed by atoms with Gasteiger partial charge in [-0.1, -0.05) is 72.0 Å². The highest BCUT2D eigenvalue weighted by Gasteiger charge is 2.21. The molecule has 2 heterocycles. The van der Waals surface area contributed by atoms with Gasteiger partial charge in [0.15, 0.2) is 5.13 Å². The van der Waals surface area contributed by atoms with E-state index in [9.17, 15) is 4.79 Å². The zero-order valence-corrected chi connectivity index (χ0v) is 20.2. The topological polar surface area (TPSA) is 55.3 Å². The summed E-state index contributed by atoms with van der Waals surface area (Å²) in [4.78, 5) is 24.5. The average Bonchev–Trinajstić information content (AvgIpc) is 3.32. The van der Waals surface area contributed by atoms with Gasteiger partial charge in [0.2, 0.25) is 5.91 Å². The molecule has 0 aliphatic rings. The van der Waals surface area contributed by atoms with Crippen LogP contribution in [0.15, 0.2) is 97.2 Å². The quantitative estimate of drug-likeness (QED) is 0.254. The number of carbonyl (C=O) groups is 1. The molecule has 5 aromatic rings. The van der Waals surface area contributed by atoms with E-state index in [4.69, 9.17) is 9.72 Å². The normalized spacial score (nSPS) is 10.9. The number of hydrogen-bond acceptors (Lipinski definition) is 5. The molecule has 5 nitrogen and oxygen atoms in total. The third-order valence-corrected chi connectivity index (χ3v) is 6.70. The van der Waals surface area contributed by atoms with Gasteiger partial charge in [0.25, 0.3) is 0 Å². The summed E-state index contributed by atoms with van der Waals surface area (Å²) in [5.74, 6) is 0.781. The van der Waals surface area contributed by atoms with Crippen LogP contribution in [0.2, 0.25) is 0 Å². The molecule has 0 saturated heterocycles. The minimum absolute atomic E-state index is 0.0211. The van der Waals surface area contributed by atoms with Gasteiger partial charge in [-0.3, -0.25) is 14.7 Å². The van der Waals surface area contributed by atoms with E-state index in [-0.39, 0.29) is 12.3 Å². The molecule has 0 saturated carbocycles. The number of fused-ring (bicyclic) bond motifs is 1. The number of pyridine rings is 1. The lowest BCUT2D eigenvalue weighted by molar-refractivity contribution is -0.118. The number of anilines is 1. The highest BCUT2D eigenvalue weighted by atomic mass is 32.1. The first kappa shape index (κ1) is 22.7. The largest absolute Gasteiger partial charge is 0.494 e. The molecule has 0 spiro atoms. The SMILES string of the molecule is CCOc1ccc2nc(N(Cc3ccccn3)C(=O)Cc3ccc(-c4ccccc4)cc3)sc2c1. The molecule has 0 N–H and O–H groups in total. The van der Waals surface area contributed by atoms with E-state index in [0.717, 1.165) is 38.4 Å². The van der Waals surface area contributed by atoms with Crippen molar-refractivity contribution < 1.29 is 9.53 Å². The lowest BCUT2D eigenvalue weighted by Gasteiger charge is -2.19. The fourth-order valence-electron chi connectivity index (χ4n) is 3.90. The Kier molecular flexibility index (Phi) is 6.82. The summed E-state index contributed by atoms with van der Waals surface area (Å²) in [6.07, 6.45) is 2.02. The van der Waals surface area contributed by atoms with E-state index in [1.165, 1.54) is 11.3 Å². The Morgan fingerprint density at radius 1 is 0.914 bits per heavy atom. The molecular weight excluding hydrogens is 454 g/mol. The van der Waals surface area contributed by atoms with Gasteiger partial charge < -0.3 is 4.74 Å². The van der Waals surface area contributed by atoms with Crippen LogP contribution in [0.25, 0.3) is 21.3 Å². The van der Waals surface area contributed by atoms with E-state index in [2.05, 4.69) is 29.2 Å². The number of carbonyl (C=O) groups excluding carboxylic acids is 1. The first-order valence-corrected chi connectivity index (χ1v) is 12.4. The lowest BCUT2D eigenvalue weighted by Crippen LogP contribution is -2.32. The average molecular weight is 480 g/mol. The molecule has 2 aromatic heterocycles. The van der Waals surface area contributed by atoms with Crippen molar-refractivity contribution in [3.05, 3.63) is 108 Å². The van der Waals surface area contributed by atoms with Crippen LogP contribution in [0.1, 0.15) is 18.2 Å². The van der Waals surface area contributed by atoms with Gasteiger partial charge in [-0.15, -0.1) is 0 Å². The number of thiazole rings is 1. The molecule has 174 valence electrons. The van der Waals surface area contributed by atoms with Gasteiger partial charge in [0, 0.05) is 6.20 Å². The van der Waals surface area contributed by atoms with Crippen LogP contribution >= 0.6 is 11.3 Å². The van der Waals surface area contributed by atoms with Crippen LogP contribution in [-0.4, -0.2) is 22.5 Å². The zero-order chi connectivity index (χ0) is 24.0.